The van der Waals surface area contributed by atoms with Crippen LogP contribution in [0, 0.1) is 10.1 Å². The van der Waals surface area contributed by atoms with E-state index in [1.807, 2.05) is 48.5 Å². The van der Waals surface area contributed by atoms with Crippen molar-refractivity contribution in [1.82, 2.24) is 15.1 Å². The number of nitrogens with zero attached hydrogens (tertiary/aromatic N) is 4. The number of benzene rings is 3. The lowest BCUT2D eigenvalue weighted by Crippen LogP contribution is -2.07. The molecular formula is C28H19F3N4O5. The quantitative estimate of drug-likeness (QED) is 0.145. The Hall–Kier alpha value is -5.26. The van der Waals surface area contributed by atoms with Crippen molar-refractivity contribution < 1.29 is 32.1 Å². The van der Waals surface area contributed by atoms with Crippen LogP contribution in [0.1, 0.15) is 16.7 Å². The Balaban J connectivity index is 1.55. The first-order valence-corrected chi connectivity index (χ1v) is 11.8. The van der Waals surface area contributed by atoms with Gasteiger partial charge in [-0.15, -0.1) is 0 Å². The zero-order valence-corrected chi connectivity index (χ0v) is 20.5. The van der Waals surface area contributed by atoms with Crippen LogP contribution in [-0.2, 0) is 19.4 Å². The normalized spacial score (nSPS) is 11.3. The second kappa shape index (κ2) is 11.2. The van der Waals surface area contributed by atoms with Crippen LogP contribution < -0.4 is 9.47 Å². The molecule has 0 atom stereocenters. The van der Waals surface area contributed by atoms with Crippen molar-refractivity contribution in [2.45, 2.75) is 19.4 Å². The van der Waals surface area contributed by atoms with E-state index in [-0.39, 0.29) is 42.0 Å². The Bertz CT molecular complexity index is 1630. The third kappa shape index (κ3) is 5.90. The Morgan fingerprint density at radius 2 is 1.55 bits per heavy atom. The van der Waals surface area contributed by atoms with Gasteiger partial charge < -0.3 is 14.0 Å². The predicted molar refractivity (Wildman–Crippen MR) is 136 cm³/mol. The van der Waals surface area contributed by atoms with Crippen molar-refractivity contribution in [3.05, 3.63) is 118 Å². The minimum Gasteiger partial charge on any atom is -0.485 e. The Kier molecular flexibility index (Phi) is 7.40. The van der Waals surface area contributed by atoms with Crippen LogP contribution in [0.5, 0.6) is 11.5 Å². The highest BCUT2D eigenvalue weighted by Crippen LogP contribution is 2.42. The van der Waals surface area contributed by atoms with E-state index in [0.717, 1.165) is 35.7 Å². The minimum absolute atomic E-state index is 0.0149. The summed E-state index contributed by atoms with van der Waals surface area (Å²) in [5, 5.41) is 15.8. The lowest BCUT2D eigenvalue weighted by molar-refractivity contribution is -0.386. The standard InChI is InChI=1S/C28H19F3N4O5/c29-28(30,31)22-11-12-32-15-21(22)26-33-27(40-34-26)20-13-23(35(36)37)25(39-17-19-9-5-2-6-10-19)24(14-20)38-16-18-7-3-1-4-8-18/h1-15H,16-17H2. The fourth-order valence-corrected chi connectivity index (χ4v) is 3.83. The van der Waals surface area contributed by atoms with Crippen molar-refractivity contribution in [1.29, 1.82) is 0 Å². The molecule has 0 N–H and O–H groups in total. The summed E-state index contributed by atoms with van der Waals surface area (Å²) in [7, 11) is 0. The molecule has 5 aromatic rings. The molecule has 2 heterocycles. The minimum atomic E-state index is -4.69. The molecule has 40 heavy (non-hydrogen) atoms. The lowest BCUT2D eigenvalue weighted by atomic mass is 10.1. The van der Waals surface area contributed by atoms with Gasteiger partial charge >= 0.3 is 11.9 Å². The summed E-state index contributed by atoms with van der Waals surface area (Å²) in [6.07, 6.45) is -2.72. The summed E-state index contributed by atoms with van der Waals surface area (Å²) in [5.41, 5.74) is -0.235. The summed E-state index contributed by atoms with van der Waals surface area (Å²) < 4.78 is 57.5. The first kappa shape index (κ1) is 26.4. The van der Waals surface area contributed by atoms with E-state index in [9.17, 15) is 23.3 Å². The molecule has 0 radical (unpaired) electrons. The summed E-state index contributed by atoms with van der Waals surface area (Å²) >= 11 is 0. The van der Waals surface area contributed by atoms with Crippen molar-refractivity contribution >= 4 is 5.69 Å². The maximum atomic E-state index is 13.5. The maximum absolute atomic E-state index is 13.5. The van der Waals surface area contributed by atoms with Gasteiger partial charge in [0.25, 0.3) is 5.89 Å². The van der Waals surface area contributed by atoms with Gasteiger partial charge in [0.2, 0.25) is 11.6 Å². The number of nitro benzene ring substituents is 1. The van der Waals surface area contributed by atoms with E-state index in [1.165, 1.54) is 6.07 Å². The van der Waals surface area contributed by atoms with E-state index in [0.29, 0.717) is 0 Å². The monoisotopic (exact) mass is 548 g/mol. The molecule has 202 valence electrons. The molecule has 5 rings (SSSR count). The first-order valence-electron chi connectivity index (χ1n) is 11.8. The molecule has 0 amide bonds. The van der Waals surface area contributed by atoms with Gasteiger partial charge in [-0.2, -0.15) is 18.2 Å². The largest absolute Gasteiger partial charge is 0.485 e. The summed E-state index contributed by atoms with van der Waals surface area (Å²) in [6.45, 7) is 0.0809. The van der Waals surface area contributed by atoms with Crippen molar-refractivity contribution in [2.24, 2.45) is 0 Å². The third-order valence-corrected chi connectivity index (χ3v) is 5.74. The number of hydrogen-bond donors (Lipinski definition) is 0. The number of alkyl halides is 3. The molecule has 9 nitrogen and oxygen atoms in total. The molecule has 0 fully saturated rings. The second-order valence-electron chi connectivity index (χ2n) is 8.47. The summed E-state index contributed by atoms with van der Waals surface area (Å²) in [4.78, 5) is 19.2. The van der Waals surface area contributed by atoms with Gasteiger partial charge in [0.1, 0.15) is 13.2 Å². The number of hydrogen-bond acceptors (Lipinski definition) is 8. The van der Waals surface area contributed by atoms with Crippen LogP contribution in [0.2, 0.25) is 0 Å². The fraction of sp³-hybridized carbons (Fsp3) is 0.107. The van der Waals surface area contributed by atoms with Crippen LogP contribution >= 0.6 is 0 Å². The topological polar surface area (TPSA) is 113 Å². The molecular weight excluding hydrogens is 529 g/mol. The van der Waals surface area contributed by atoms with Gasteiger partial charge in [-0.1, -0.05) is 65.8 Å². The fourth-order valence-electron chi connectivity index (χ4n) is 3.83. The van der Waals surface area contributed by atoms with Crippen molar-refractivity contribution in [2.75, 3.05) is 0 Å². The number of ether oxygens (including phenoxy) is 2. The number of rotatable bonds is 9. The lowest BCUT2D eigenvalue weighted by Gasteiger charge is -2.14. The number of aromatic nitrogens is 3. The zero-order valence-electron chi connectivity index (χ0n) is 20.5. The molecule has 12 heteroatoms. The van der Waals surface area contributed by atoms with Gasteiger partial charge in [0.05, 0.1) is 21.6 Å². The van der Waals surface area contributed by atoms with E-state index in [2.05, 4.69) is 15.1 Å². The van der Waals surface area contributed by atoms with Crippen LogP contribution in [0.3, 0.4) is 0 Å². The highest BCUT2D eigenvalue weighted by atomic mass is 19.4. The zero-order chi connectivity index (χ0) is 28.1. The molecule has 0 aliphatic rings. The van der Waals surface area contributed by atoms with Gasteiger partial charge in [0, 0.05) is 18.5 Å². The Morgan fingerprint density at radius 1 is 0.900 bits per heavy atom. The number of nitro groups is 1. The van der Waals surface area contributed by atoms with Gasteiger partial charge in [0.15, 0.2) is 5.75 Å². The Labute approximate surface area is 225 Å². The molecule has 0 spiro atoms. The van der Waals surface area contributed by atoms with E-state index in [4.69, 9.17) is 14.0 Å². The molecule has 0 bridgehead atoms. The highest BCUT2D eigenvalue weighted by Gasteiger charge is 2.35. The summed E-state index contributed by atoms with van der Waals surface area (Å²) in [5.74, 6) is -0.746. The average molecular weight is 548 g/mol. The molecule has 0 aliphatic carbocycles. The van der Waals surface area contributed by atoms with Crippen molar-refractivity contribution in [3.8, 4) is 34.3 Å². The Morgan fingerprint density at radius 3 is 2.17 bits per heavy atom. The average Bonchev–Trinajstić information content (AvgIpc) is 3.46. The highest BCUT2D eigenvalue weighted by molar-refractivity contribution is 5.70. The second-order valence-corrected chi connectivity index (χ2v) is 8.47. The molecule has 3 aromatic carbocycles. The third-order valence-electron chi connectivity index (χ3n) is 5.74. The van der Waals surface area contributed by atoms with E-state index >= 15 is 0 Å². The molecule has 0 saturated heterocycles. The van der Waals surface area contributed by atoms with Gasteiger partial charge in [-0.25, -0.2) is 0 Å². The predicted octanol–water partition coefficient (Wildman–Crippen LogP) is 6.88. The molecule has 2 aromatic heterocycles. The van der Waals surface area contributed by atoms with Gasteiger partial charge in [-0.05, 0) is 23.3 Å². The SMILES string of the molecule is O=[N+]([O-])c1cc(-c2nc(-c3cnccc3C(F)(F)F)no2)cc(OCc2ccccc2)c1OCc1ccccc1. The maximum Gasteiger partial charge on any atom is 0.417 e. The van der Waals surface area contributed by atoms with Gasteiger partial charge in [-0.3, -0.25) is 15.1 Å². The first-order chi connectivity index (χ1) is 19.3. The molecule has 0 saturated carbocycles. The van der Waals surface area contributed by atoms with Crippen LogP contribution in [0.15, 0.2) is 95.8 Å². The smallest absolute Gasteiger partial charge is 0.417 e. The van der Waals surface area contributed by atoms with E-state index in [1.54, 1.807) is 12.1 Å². The van der Waals surface area contributed by atoms with Crippen LogP contribution in [-0.4, -0.2) is 20.0 Å². The molecule has 0 aliphatic heterocycles. The number of pyridine rings is 1. The summed E-state index contributed by atoms with van der Waals surface area (Å²) in [6, 6.07) is 21.5. The van der Waals surface area contributed by atoms with Crippen LogP contribution in [0.25, 0.3) is 22.8 Å². The number of halogens is 3. The molecule has 0 unspecified atom stereocenters. The van der Waals surface area contributed by atoms with Crippen molar-refractivity contribution in [3.63, 3.8) is 0 Å². The van der Waals surface area contributed by atoms with E-state index < -0.39 is 27.9 Å². The van der Waals surface area contributed by atoms with Crippen LogP contribution in [0.4, 0.5) is 18.9 Å².